The Kier molecular flexibility index (Phi) is 4.00. The molecular formula is C15H15N3O2. The summed E-state index contributed by atoms with van der Waals surface area (Å²) in [6, 6.07) is 9.43. The van der Waals surface area contributed by atoms with Gasteiger partial charge in [0.1, 0.15) is 5.82 Å². The Morgan fingerprint density at radius 3 is 2.55 bits per heavy atom. The van der Waals surface area contributed by atoms with E-state index in [1.807, 2.05) is 30.3 Å². The zero-order valence-electron chi connectivity index (χ0n) is 11.0. The Labute approximate surface area is 116 Å². The number of nitrogens with one attached hydrogen (secondary N) is 2. The van der Waals surface area contributed by atoms with Crippen molar-refractivity contribution in [2.45, 2.75) is 0 Å². The highest BCUT2D eigenvalue weighted by Gasteiger charge is 2.15. The summed E-state index contributed by atoms with van der Waals surface area (Å²) in [5, 5.41) is 10.9. The van der Waals surface area contributed by atoms with Crippen LogP contribution in [0.25, 0.3) is 0 Å². The Morgan fingerprint density at radius 1 is 1.25 bits per heavy atom. The predicted molar refractivity (Wildman–Crippen MR) is 78.2 cm³/mol. The highest BCUT2D eigenvalue weighted by molar-refractivity contribution is 6.14. The molecular weight excluding hydrogens is 254 g/mol. The number of hydrogen-bond acceptors (Lipinski definition) is 5. The van der Waals surface area contributed by atoms with E-state index >= 15 is 0 Å². The Balaban J connectivity index is 2.20. The van der Waals surface area contributed by atoms with Crippen molar-refractivity contribution in [1.82, 2.24) is 0 Å². The smallest absolute Gasteiger partial charge is 0.337 e. The zero-order valence-corrected chi connectivity index (χ0v) is 11.0. The average molecular weight is 269 g/mol. The molecule has 0 heterocycles. The standard InChI is InChI=1S/C15H15N3O2/c1-20-15(19)10-7-8-12(13(16)9-10)14(17)18-11-5-3-2-4-6-11/h2-9,16,18H,17H2,1H3/b14-12-,16-13?. The largest absolute Gasteiger partial charge is 0.465 e. The van der Waals surface area contributed by atoms with E-state index in [-0.39, 0.29) is 5.71 Å². The van der Waals surface area contributed by atoms with E-state index in [4.69, 9.17) is 11.1 Å². The van der Waals surface area contributed by atoms with Gasteiger partial charge in [0, 0.05) is 11.3 Å². The van der Waals surface area contributed by atoms with Gasteiger partial charge in [-0.25, -0.2) is 4.79 Å². The summed E-state index contributed by atoms with van der Waals surface area (Å²) in [4.78, 5) is 11.4. The minimum Gasteiger partial charge on any atom is -0.465 e. The number of esters is 1. The third-order valence-electron chi connectivity index (χ3n) is 2.78. The third kappa shape index (κ3) is 2.95. The van der Waals surface area contributed by atoms with Crippen LogP contribution in [0, 0.1) is 5.41 Å². The van der Waals surface area contributed by atoms with Gasteiger partial charge in [-0.05, 0) is 30.4 Å². The van der Waals surface area contributed by atoms with Crippen LogP contribution in [0.4, 0.5) is 5.69 Å². The van der Waals surface area contributed by atoms with Crippen LogP contribution in [0.1, 0.15) is 0 Å². The fourth-order valence-corrected chi connectivity index (χ4v) is 1.77. The first-order chi connectivity index (χ1) is 9.61. The van der Waals surface area contributed by atoms with Gasteiger partial charge in [0.05, 0.1) is 18.4 Å². The molecule has 1 aromatic carbocycles. The molecule has 0 saturated heterocycles. The minimum atomic E-state index is -0.473. The van der Waals surface area contributed by atoms with E-state index in [9.17, 15) is 4.79 Å². The van der Waals surface area contributed by atoms with Crippen molar-refractivity contribution in [3.8, 4) is 0 Å². The molecule has 0 bridgehead atoms. The number of allylic oxidation sites excluding steroid dienone is 3. The van der Waals surface area contributed by atoms with Crippen LogP contribution in [0.3, 0.4) is 0 Å². The quantitative estimate of drug-likeness (QED) is 0.732. The van der Waals surface area contributed by atoms with Crippen LogP contribution in [-0.2, 0) is 9.53 Å². The van der Waals surface area contributed by atoms with Crippen LogP contribution in [0.15, 0.2) is 65.5 Å². The second-order valence-electron chi connectivity index (χ2n) is 4.16. The van der Waals surface area contributed by atoms with Crippen LogP contribution in [-0.4, -0.2) is 18.8 Å². The van der Waals surface area contributed by atoms with E-state index in [0.717, 1.165) is 5.69 Å². The number of nitrogens with two attached hydrogens (primary N) is 1. The molecule has 0 aromatic heterocycles. The van der Waals surface area contributed by atoms with Gasteiger partial charge in [-0.2, -0.15) is 0 Å². The molecule has 5 nitrogen and oxygen atoms in total. The first-order valence-electron chi connectivity index (χ1n) is 6.00. The fraction of sp³-hybridized carbons (Fsp3) is 0.0667. The number of anilines is 1. The van der Waals surface area contributed by atoms with Gasteiger partial charge in [-0.15, -0.1) is 0 Å². The van der Waals surface area contributed by atoms with Crippen LogP contribution < -0.4 is 11.1 Å². The van der Waals surface area contributed by atoms with Gasteiger partial charge in [0.25, 0.3) is 0 Å². The summed E-state index contributed by atoms with van der Waals surface area (Å²) < 4.78 is 4.61. The predicted octanol–water partition coefficient (Wildman–Crippen LogP) is 1.96. The lowest BCUT2D eigenvalue weighted by Crippen LogP contribution is -2.18. The first kappa shape index (κ1) is 13.6. The highest BCUT2D eigenvalue weighted by Crippen LogP contribution is 2.17. The maximum Gasteiger partial charge on any atom is 0.337 e. The Morgan fingerprint density at radius 2 is 1.95 bits per heavy atom. The first-order valence-corrected chi connectivity index (χ1v) is 6.00. The van der Waals surface area contributed by atoms with Crippen molar-refractivity contribution in [3.05, 3.63) is 65.5 Å². The molecule has 0 aliphatic heterocycles. The van der Waals surface area contributed by atoms with E-state index in [0.29, 0.717) is 17.0 Å². The van der Waals surface area contributed by atoms with Gasteiger partial charge in [-0.1, -0.05) is 18.2 Å². The molecule has 0 fully saturated rings. The SMILES string of the molecule is COC(=O)C1=CC(=N)/C(=C(/N)Nc2ccccc2)C=C1. The summed E-state index contributed by atoms with van der Waals surface area (Å²) in [7, 11) is 1.30. The Hall–Kier alpha value is -2.82. The summed E-state index contributed by atoms with van der Waals surface area (Å²) in [6.45, 7) is 0. The molecule has 1 aliphatic carbocycles. The number of ether oxygens (including phenoxy) is 1. The summed E-state index contributed by atoms with van der Waals surface area (Å²) in [5.41, 5.74) is 7.81. The number of rotatable bonds is 3. The van der Waals surface area contributed by atoms with E-state index in [1.54, 1.807) is 12.2 Å². The monoisotopic (exact) mass is 269 g/mol. The molecule has 0 radical (unpaired) electrons. The van der Waals surface area contributed by atoms with Gasteiger partial charge in [-0.3, -0.25) is 0 Å². The number of methoxy groups -OCH3 is 1. The maximum atomic E-state index is 11.4. The van der Waals surface area contributed by atoms with E-state index in [2.05, 4.69) is 10.1 Å². The fourth-order valence-electron chi connectivity index (χ4n) is 1.77. The van der Waals surface area contributed by atoms with Crippen molar-refractivity contribution in [2.75, 3.05) is 12.4 Å². The van der Waals surface area contributed by atoms with Crippen LogP contribution in [0.5, 0.6) is 0 Å². The van der Waals surface area contributed by atoms with Crippen molar-refractivity contribution >= 4 is 17.4 Å². The normalized spacial score (nSPS) is 16.4. The number of hydrogen-bond donors (Lipinski definition) is 3. The van der Waals surface area contributed by atoms with Crippen molar-refractivity contribution in [2.24, 2.45) is 5.73 Å². The van der Waals surface area contributed by atoms with Crippen molar-refractivity contribution < 1.29 is 9.53 Å². The second kappa shape index (κ2) is 5.88. The molecule has 20 heavy (non-hydrogen) atoms. The molecule has 0 spiro atoms. The molecule has 0 unspecified atom stereocenters. The van der Waals surface area contributed by atoms with Gasteiger partial charge < -0.3 is 21.2 Å². The molecule has 0 saturated carbocycles. The molecule has 0 atom stereocenters. The molecule has 2 rings (SSSR count). The van der Waals surface area contributed by atoms with Crippen molar-refractivity contribution in [1.29, 1.82) is 5.41 Å². The van der Waals surface area contributed by atoms with Crippen LogP contribution in [0.2, 0.25) is 0 Å². The number of benzene rings is 1. The average Bonchev–Trinajstić information content (AvgIpc) is 2.47. The molecule has 1 aliphatic rings. The Bertz CT molecular complexity index is 628. The van der Waals surface area contributed by atoms with Crippen LogP contribution >= 0.6 is 0 Å². The minimum absolute atomic E-state index is 0.161. The topological polar surface area (TPSA) is 88.2 Å². The number of carbonyl (C=O) groups excluding carboxylic acids is 1. The summed E-state index contributed by atoms with van der Waals surface area (Å²) >= 11 is 0. The van der Waals surface area contributed by atoms with Gasteiger partial charge in [0.2, 0.25) is 0 Å². The van der Waals surface area contributed by atoms with E-state index in [1.165, 1.54) is 13.2 Å². The van der Waals surface area contributed by atoms with Crippen molar-refractivity contribution in [3.63, 3.8) is 0 Å². The van der Waals surface area contributed by atoms with Gasteiger partial charge in [0.15, 0.2) is 0 Å². The van der Waals surface area contributed by atoms with E-state index < -0.39 is 5.97 Å². The number of para-hydroxylation sites is 1. The highest BCUT2D eigenvalue weighted by atomic mass is 16.5. The summed E-state index contributed by atoms with van der Waals surface area (Å²) in [6.07, 6.45) is 4.64. The maximum absolute atomic E-state index is 11.4. The second-order valence-corrected chi connectivity index (χ2v) is 4.16. The number of carbonyl (C=O) groups is 1. The lowest BCUT2D eigenvalue weighted by Gasteiger charge is -2.14. The molecule has 102 valence electrons. The molecule has 0 amide bonds. The summed E-state index contributed by atoms with van der Waals surface area (Å²) in [5.74, 6) is -0.114. The molecule has 5 heteroatoms. The lowest BCUT2D eigenvalue weighted by molar-refractivity contribution is -0.135. The molecule has 1 aromatic rings. The molecule has 4 N–H and O–H groups in total. The zero-order chi connectivity index (χ0) is 14.5. The third-order valence-corrected chi connectivity index (χ3v) is 2.78. The van der Waals surface area contributed by atoms with Gasteiger partial charge >= 0.3 is 5.97 Å². The lowest BCUT2D eigenvalue weighted by atomic mass is 10.00.